The summed E-state index contributed by atoms with van der Waals surface area (Å²) in [5.41, 5.74) is 1.26. The summed E-state index contributed by atoms with van der Waals surface area (Å²) in [5.74, 6) is 0.977. The summed E-state index contributed by atoms with van der Waals surface area (Å²) in [6.45, 7) is 8.74. The molecule has 0 saturated heterocycles. The van der Waals surface area contributed by atoms with Crippen LogP contribution in [-0.4, -0.2) is 37.5 Å². The number of nitrogens with one attached hydrogen (secondary N) is 3. The second-order valence-electron chi connectivity index (χ2n) is 7.32. The fraction of sp³-hybridized carbons (Fsp3) is 0.600. The van der Waals surface area contributed by atoms with Crippen LogP contribution in [0, 0.1) is 0 Å². The normalized spacial score (nSPS) is 14.3. The van der Waals surface area contributed by atoms with Gasteiger partial charge < -0.3 is 16.0 Å². The molecule has 0 spiro atoms. The number of nitrogens with zero attached hydrogens (tertiary/aromatic N) is 1. The molecule has 1 amide bonds. The van der Waals surface area contributed by atoms with E-state index in [1.165, 1.54) is 5.56 Å². The number of halogens is 1. The summed E-state index contributed by atoms with van der Waals surface area (Å²) in [6.07, 6.45) is 3.65. The maximum atomic E-state index is 11.7. The Morgan fingerprint density at radius 3 is 2.50 bits per heavy atom. The van der Waals surface area contributed by atoms with Crippen LogP contribution in [0.2, 0.25) is 0 Å². The first-order chi connectivity index (χ1) is 12.0. The van der Waals surface area contributed by atoms with Gasteiger partial charge in [0.25, 0.3) is 0 Å². The Kier molecular flexibility index (Phi) is 9.98. The SMILES string of the molecule is CCNC(=NCC(C)(C)c1ccccc1)NCCCC(=O)NC1CC1.I. The molecule has 3 N–H and O–H groups in total. The van der Waals surface area contributed by atoms with Gasteiger partial charge in [-0.3, -0.25) is 9.79 Å². The van der Waals surface area contributed by atoms with E-state index in [0.29, 0.717) is 19.0 Å². The van der Waals surface area contributed by atoms with Crippen LogP contribution in [0.25, 0.3) is 0 Å². The minimum Gasteiger partial charge on any atom is -0.357 e. The molecule has 0 heterocycles. The molecular formula is C20H33IN4O. The van der Waals surface area contributed by atoms with Gasteiger partial charge in [0.15, 0.2) is 5.96 Å². The summed E-state index contributed by atoms with van der Waals surface area (Å²) in [7, 11) is 0. The van der Waals surface area contributed by atoms with Crippen LogP contribution in [0.4, 0.5) is 0 Å². The summed E-state index contributed by atoms with van der Waals surface area (Å²) >= 11 is 0. The van der Waals surface area contributed by atoms with Gasteiger partial charge in [-0.05, 0) is 31.7 Å². The third-order valence-electron chi connectivity index (χ3n) is 4.35. The lowest BCUT2D eigenvalue weighted by Gasteiger charge is -2.24. The van der Waals surface area contributed by atoms with Crippen molar-refractivity contribution in [1.29, 1.82) is 0 Å². The highest BCUT2D eigenvalue weighted by molar-refractivity contribution is 14.0. The van der Waals surface area contributed by atoms with Crippen LogP contribution in [0.15, 0.2) is 35.3 Å². The number of carbonyl (C=O) groups is 1. The minimum atomic E-state index is -0.0201. The Bertz CT molecular complexity index is 570. The lowest BCUT2D eigenvalue weighted by Crippen LogP contribution is -2.39. The third kappa shape index (κ3) is 8.38. The zero-order chi connectivity index (χ0) is 18.1. The first-order valence-electron chi connectivity index (χ1n) is 9.38. The maximum Gasteiger partial charge on any atom is 0.220 e. The number of hydrogen-bond acceptors (Lipinski definition) is 2. The smallest absolute Gasteiger partial charge is 0.220 e. The number of guanidine groups is 1. The molecule has 0 unspecified atom stereocenters. The van der Waals surface area contributed by atoms with Crippen molar-refractivity contribution in [3.63, 3.8) is 0 Å². The van der Waals surface area contributed by atoms with Crippen LogP contribution >= 0.6 is 24.0 Å². The average molecular weight is 472 g/mol. The highest BCUT2D eigenvalue weighted by Crippen LogP contribution is 2.23. The van der Waals surface area contributed by atoms with E-state index in [2.05, 4.69) is 61.0 Å². The first kappa shape index (κ1) is 22.7. The average Bonchev–Trinajstić information content (AvgIpc) is 3.41. The van der Waals surface area contributed by atoms with Crippen LogP contribution in [0.1, 0.15) is 52.0 Å². The Labute approximate surface area is 174 Å². The molecular weight excluding hydrogens is 439 g/mol. The first-order valence-corrected chi connectivity index (χ1v) is 9.38. The zero-order valence-corrected chi connectivity index (χ0v) is 18.5. The highest BCUT2D eigenvalue weighted by Gasteiger charge is 2.22. The molecule has 1 aliphatic carbocycles. The molecule has 146 valence electrons. The number of rotatable bonds is 9. The molecule has 0 aromatic heterocycles. The van der Waals surface area contributed by atoms with Gasteiger partial charge in [-0.1, -0.05) is 44.2 Å². The van der Waals surface area contributed by atoms with E-state index < -0.39 is 0 Å². The van der Waals surface area contributed by atoms with E-state index in [0.717, 1.165) is 38.3 Å². The van der Waals surface area contributed by atoms with Gasteiger partial charge in [-0.2, -0.15) is 0 Å². The highest BCUT2D eigenvalue weighted by atomic mass is 127. The monoisotopic (exact) mass is 472 g/mol. The van der Waals surface area contributed by atoms with E-state index in [9.17, 15) is 4.79 Å². The molecule has 0 aliphatic heterocycles. The molecule has 1 fully saturated rings. The summed E-state index contributed by atoms with van der Waals surface area (Å²) in [6, 6.07) is 10.9. The van der Waals surface area contributed by atoms with Crippen LogP contribution in [0.5, 0.6) is 0 Å². The van der Waals surface area contributed by atoms with E-state index in [1.54, 1.807) is 0 Å². The second kappa shape index (κ2) is 11.4. The van der Waals surface area contributed by atoms with E-state index in [4.69, 9.17) is 4.99 Å². The predicted molar refractivity (Wildman–Crippen MR) is 119 cm³/mol. The summed E-state index contributed by atoms with van der Waals surface area (Å²) < 4.78 is 0. The van der Waals surface area contributed by atoms with Crippen molar-refractivity contribution in [2.24, 2.45) is 4.99 Å². The van der Waals surface area contributed by atoms with Gasteiger partial charge in [0, 0.05) is 31.0 Å². The molecule has 26 heavy (non-hydrogen) atoms. The van der Waals surface area contributed by atoms with Crippen molar-refractivity contribution in [3.05, 3.63) is 35.9 Å². The molecule has 6 heteroatoms. The number of amides is 1. The van der Waals surface area contributed by atoms with E-state index >= 15 is 0 Å². The quantitative estimate of drug-likeness (QED) is 0.224. The molecule has 1 aliphatic rings. The van der Waals surface area contributed by atoms with Gasteiger partial charge in [0.05, 0.1) is 6.54 Å². The Morgan fingerprint density at radius 2 is 1.88 bits per heavy atom. The van der Waals surface area contributed by atoms with E-state index in [1.807, 2.05) is 6.07 Å². The standard InChI is InChI=1S/C20H32N4O.HI/c1-4-21-19(22-14-8-11-18(25)24-17-12-13-17)23-15-20(2,3)16-9-6-5-7-10-16;/h5-7,9-10,17H,4,8,11-15H2,1-3H3,(H,24,25)(H2,21,22,23);1H. The van der Waals surface area contributed by atoms with Crippen molar-refractivity contribution < 1.29 is 4.79 Å². The number of aliphatic imine (C=N–C) groups is 1. The van der Waals surface area contributed by atoms with Crippen LogP contribution in [-0.2, 0) is 10.2 Å². The van der Waals surface area contributed by atoms with Gasteiger partial charge in [-0.15, -0.1) is 24.0 Å². The fourth-order valence-electron chi connectivity index (χ4n) is 2.58. The molecule has 0 atom stereocenters. The number of benzene rings is 1. The van der Waals surface area contributed by atoms with Crippen molar-refractivity contribution in [3.8, 4) is 0 Å². The van der Waals surface area contributed by atoms with Crippen molar-refractivity contribution >= 4 is 35.8 Å². The van der Waals surface area contributed by atoms with Crippen molar-refractivity contribution in [2.45, 2.75) is 57.9 Å². The molecule has 5 nitrogen and oxygen atoms in total. The second-order valence-corrected chi connectivity index (χ2v) is 7.32. The minimum absolute atomic E-state index is 0. The molecule has 0 radical (unpaired) electrons. The predicted octanol–water partition coefficient (Wildman–Crippen LogP) is 3.20. The van der Waals surface area contributed by atoms with Gasteiger partial charge >= 0.3 is 0 Å². The third-order valence-corrected chi connectivity index (χ3v) is 4.35. The Balaban J connectivity index is 0.00000338. The van der Waals surface area contributed by atoms with Gasteiger partial charge in [0.2, 0.25) is 5.91 Å². The molecule has 1 saturated carbocycles. The Morgan fingerprint density at radius 1 is 1.19 bits per heavy atom. The maximum absolute atomic E-state index is 11.7. The molecule has 0 bridgehead atoms. The topological polar surface area (TPSA) is 65.5 Å². The van der Waals surface area contributed by atoms with Crippen LogP contribution in [0.3, 0.4) is 0 Å². The van der Waals surface area contributed by atoms with E-state index in [-0.39, 0.29) is 35.3 Å². The van der Waals surface area contributed by atoms with Crippen molar-refractivity contribution in [1.82, 2.24) is 16.0 Å². The fourth-order valence-corrected chi connectivity index (χ4v) is 2.58. The van der Waals surface area contributed by atoms with Crippen molar-refractivity contribution in [2.75, 3.05) is 19.6 Å². The lowest BCUT2D eigenvalue weighted by molar-refractivity contribution is -0.121. The lowest BCUT2D eigenvalue weighted by atomic mass is 9.85. The molecule has 1 aromatic carbocycles. The van der Waals surface area contributed by atoms with Gasteiger partial charge in [0.1, 0.15) is 0 Å². The summed E-state index contributed by atoms with van der Waals surface area (Å²) in [4.78, 5) is 16.4. The molecule has 2 rings (SSSR count). The van der Waals surface area contributed by atoms with Gasteiger partial charge in [-0.25, -0.2) is 0 Å². The molecule has 1 aromatic rings. The largest absolute Gasteiger partial charge is 0.357 e. The summed E-state index contributed by atoms with van der Waals surface area (Å²) in [5, 5.41) is 9.62. The Hall–Kier alpha value is -1.31. The number of carbonyl (C=O) groups excluding carboxylic acids is 1. The zero-order valence-electron chi connectivity index (χ0n) is 16.2. The number of hydrogen-bond donors (Lipinski definition) is 3. The van der Waals surface area contributed by atoms with Crippen LogP contribution < -0.4 is 16.0 Å².